The molecule has 1 aromatic rings. The molecule has 2 saturated heterocycles. The summed E-state index contributed by atoms with van der Waals surface area (Å²) < 4.78 is 5.80. The molecule has 2 aliphatic heterocycles. The molecule has 7 nitrogen and oxygen atoms in total. The van der Waals surface area contributed by atoms with Crippen LogP contribution in [-0.4, -0.2) is 60.4 Å². The third-order valence-corrected chi connectivity index (χ3v) is 6.57. The Morgan fingerprint density at radius 2 is 1.87 bits per heavy atom. The van der Waals surface area contributed by atoms with Crippen molar-refractivity contribution in [1.29, 1.82) is 0 Å². The highest BCUT2D eigenvalue weighted by Gasteiger charge is 2.35. The second kappa shape index (κ2) is 10.0. The highest BCUT2D eigenvalue weighted by Crippen LogP contribution is 2.33. The van der Waals surface area contributed by atoms with Crippen molar-refractivity contribution >= 4 is 11.8 Å². The van der Waals surface area contributed by atoms with E-state index in [2.05, 4.69) is 42.7 Å². The van der Waals surface area contributed by atoms with Crippen LogP contribution in [-0.2, 0) is 21.5 Å². The van der Waals surface area contributed by atoms with Gasteiger partial charge in [-0.15, -0.1) is 0 Å². The molecule has 172 valence electrons. The average molecular weight is 431 g/mol. The Bertz CT molecular complexity index is 790. The van der Waals surface area contributed by atoms with Crippen LogP contribution >= 0.6 is 0 Å². The molecule has 0 aromatic heterocycles. The summed E-state index contributed by atoms with van der Waals surface area (Å²) in [4.78, 5) is 27.6. The van der Waals surface area contributed by atoms with Crippen molar-refractivity contribution in [2.75, 3.05) is 32.8 Å². The maximum Gasteiger partial charge on any atom is 0.255 e. The second-order valence-electron chi connectivity index (χ2n) is 10.1. The number of carbonyl (C=O) groups excluding carboxylic acids is 2. The summed E-state index contributed by atoms with van der Waals surface area (Å²) in [5.74, 6) is 0.572. The number of hydrogen-bond donors (Lipinski definition) is 2. The molecule has 2 aliphatic rings. The summed E-state index contributed by atoms with van der Waals surface area (Å²) in [6.45, 7) is 10.4. The topological polar surface area (TPSA) is 102 Å². The van der Waals surface area contributed by atoms with E-state index in [4.69, 9.17) is 16.2 Å². The maximum absolute atomic E-state index is 11.5. The monoisotopic (exact) mass is 430 g/mol. The second-order valence-corrected chi connectivity index (χ2v) is 10.1. The molecule has 7 heteroatoms. The number of fused-ring (bicyclic) bond motifs is 1. The van der Waals surface area contributed by atoms with Crippen LogP contribution in [0.1, 0.15) is 57.6 Å². The lowest BCUT2D eigenvalue weighted by atomic mass is 9.86. The van der Waals surface area contributed by atoms with Gasteiger partial charge in [0, 0.05) is 24.7 Å². The minimum atomic E-state index is -0.471. The van der Waals surface area contributed by atoms with Gasteiger partial charge in [-0.3, -0.25) is 19.4 Å². The van der Waals surface area contributed by atoms with Gasteiger partial charge in [0.05, 0.1) is 6.54 Å². The van der Waals surface area contributed by atoms with Crippen LogP contribution < -0.4 is 16.2 Å². The summed E-state index contributed by atoms with van der Waals surface area (Å²) >= 11 is 0. The zero-order chi connectivity index (χ0) is 22.6. The van der Waals surface area contributed by atoms with Crippen molar-refractivity contribution in [2.45, 2.75) is 64.5 Å². The van der Waals surface area contributed by atoms with Crippen molar-refractivity contribution in [1.82, 2.24) is 9.80 Å². The molecule has 0 spiro atoms. The number of likely N-dealkylation sites (tertiary alicyclic amines) is 2. The lowest BCUT2D eigenvalue weighted by Crippen LogP contribution is -2.51. The van der Waals surface area contributed by atoms with Crippen LogP contribution in [0.2, 0.25) is 0 Å². The Labute approximate surface area is 186 Å². The van der Waals surface area contributed by atoms with Crippen molar-refractivity contribution in [3.63, 3.8) is 0 Å². The number of hydrogen-bond acceptors (Lipinski definition) is 5. The number of nitrogens with two attached hydrogens (primary N) is 2. The van der Waals surface area contributed by atoms with Crippen LogP contribution in [0.25, 0.3) is 0 Å². The maximum atomic E-state index is 11.5. The molecular formula is C24H38N4O3. The van der Waals surface area contributed by atoms with Gasteiger partial charge in [0.2, 0.25) is 5.91 Å². The highest BCUT2D eigenvalue weighted by atomic mass is 16.5. The summed E-state index contributed by atoms with van der Waals surface area (Å²) in [7, 11) is 0. The fraction of sp³-hybridized carbons (Fsp3) is 0.667. The van der Waals surface area contributed by atoms with Gasteiger partial charge in [-0.2, -0.15) is 0 Å². The molecule has 1 aromatic carbocycles. The number of carbonyl (C=O) groups is 2. The minimum Gasteiger partial charge on any atom is -0.483 e. The lowest BCUT2D eigenvalue weighted by Gasteiger charge is -2.42. The van der Waals surface area contributed by atoms with Gasteiger partial charge in [0.15, 0.2) is 6.61 Å². The van der Waals surface area contributed by atoms with Crippen molar-refractivity contribution in [3.05, 3.63) is 29.3 Å². The quantitative estimate of drug-likeness (QED) is 0.689. The van der Waals surface area contributed by atoms with E-state index in [-0.39, 0.29) is 17.9 Å². The predicted octanol–water partition coefficient (Wildman–Crippen LogP) is 2.01. The number of piperidine rings is 1. The molecule has 0 saturated carbocycles. The predicted molar refractivity (Wildman–Crippen MR) is 122 cm³/mol. The first-order valence-electron chi connectivity index (χ1n) is 11.4. The fourth-order valence-electron chi connectivity index (χ4n) is 4.96. The Morgan fingerprint density at radius 1 is 1.10 bits per heavy atom. The molecule has 4 N–H and O–H groups in total. The molecule has 0 unspecified atom stereocenters. The van der Waals surface area contributed by atoms with Gasteiger partial charge >= 0.3 is 0 Å². The number of rotatable bonds is 7. The molecule has 0 bridgehead atoms. The average Bonchev–Trinajstić information content (AvgIpc) is 2.87. The molecule has 2 heterocycles. The summed E-state index contributed by atoms with van der Waals surface area (Å²) in [6.07, 6.45) is 4.54. The van der Waals surface area contributed by atoms with Crippen molar-refractivity contribution in [2.24, 2.45) is 17.4 Å². The normalized spacial score (nSPS) is 23.1. The Kier molecular flexibility index (Phi) is 7.59. The van der Waals surface area contributed by atoms with Gasteiger partial charge in [0.25, 0.3) is 5.91 Å². The fourth-order valence-corrected chi connectivity index (χ4v) is 4.96. The van der Waals surface area contributed by atoms with Gasteiger partial charge < -0.3 is 16.2 Å². The Hall–Kier alpha value is -2.12. The standard InChI is InChI=1S/C24H38N4O3/c1-24(2,3)19-8-7-18(21(12-19)31-16-23(26)30)14-27-11-9-20-17(13-27)6-4-5-10-28(20)15-22(25)29/h7-8,12,17,20H,4-6,9-11,13-16H2,1-3H3,(H2,25,29)(H2,26,30)/t17-,20+/m0/s1. The number of primary amides is 2. The molecule has 3 rings (SSSR count). The molecule has 2 amide bonds. The van der Waals surface area contributed by atoms with E-state index in [0.29, 0.717) is 18.5 Å². The van der Waals surface area contributed by atoms with E-state index < -0.39 is 5.91 Å². The van der Waals surface area contributed by atoms with Gasteiger partial charge in [-0.25, -0.2) is 0 Å². The van der Waals surface area contributed by atoms with Crippen molar-refractivity contribution in [3.8, 4) is 5.75 Å². The third kappa shape index (κ3) is 6.43. The molecule has 0 radical (unpaired) electrons. The zero-order valence-electron chi connectivity index (χ0n) is 19.2. The van der Waals surface area contributed by atoms with E-state index in [9.17, 15) is 9.59 Å². The van der Waals surface area contributed by atoms with E-state index in [1.165, 1.54) is 18.4 Å². The summed E-state index contributed by atoms with van der Waals surface area (Å²) in [6, 6.07) is 6.75. The minimum absolute atomic E-state index is 0.00799. The van der Waals surface area contributed by atoms with Crippen LogP contribution in [0.3, 0.4) is 0 Å². The summed E-state index contributed by atoms with van der Waals surface area (Å²) in [5, 5.41) is 0. The number of nitrogens with zero attached hydrogens (tertiary/aromatic N) is 2. The first-order chi connectivity index (χ1) is 14.6. The van der Waals surface area contributed by atoms with E-state index in [0.717, 1.165) is 50.3 Å². The molecular weight excluding hydrogens is 392 g/mol. The molecule has 0 aliphatic carbocycles. The van der Waals surface area contributed by atoms with E-state index >= 15 is 0 Å². The van der Waals surface area contributed by atoms with Crippen LogP contribution in [0.5, 0.6) is 5.75 Å². The zero-order valence-corrected chi connectivity index (χ0v) is 19.2. The first-order valence-corrected chi connectivity index (χ1v) is 11.4. The van der Waals surface area contributed by atoms with Gasteiger partial charge in [0.1, 0.15) is 5.75 Å². The molecule has 2 atom stereocenters. The SMILES string of the molecule is CC(C)(C)c1ccc(CN2CC[C@@H]3[C@@H](CCCCN3CC(N)=O)C2)c(OCC(N)=O)c1. The Morgan fingerprint density at radius 3 is 2.55 bits per heavy atom. The van der Waals surface area contributed by atoms with Gasteiger partial charge in [-0.05, 0) is 55.3 Å². The van der Waals surface area contributed by atoms with Gasteiger partial charge in [-0.1, -0.05) is 39.3 Å². The number of benzene rings is 1. The highest BCUT2D eigenvalue weighted by molar-refractivity contribution is 5.76. The largest absolute Gasteiger partial charge is 0.483 e. The van der Waals surface area contributed by atoms with E-state index in [1.807, 2.05) is 6.07 Å². The number of amides is 2. The molecule has 2 fully saturated rings. The third-order valence-electron chi connectivity index (χ3n) is 6.57. The van der Waals surface area contributed by atoms with Crippen LogP contribution in [0.4, 0.5) is 0 Å². The first kappa shape index (κ1) is 23.5. The number of ether oxygens (including phenoxy) is 1. The van der Waals surface area contributed by atoms with Crippen LogP contribution in [0, 0.1) is 5.92 Å². The van der Waals surface area contributed by atoms with Crippen molar-refractivity contribution < 1.29 is 14.3 Å². The lowest BCUT2D eigenvalue weighted by molar-refractivity contribution is -0.120. The Balaban J connectivity index is 1.73. The summed E-state index contributed by atoms with van der Waals surface area (Å²) in [5.41, 5.74) is 13.1. The molecule has 31 heavy (non-hydrogen) atoms. The van der Waals surface area contributed by atoms with E-state index in [1.54, 1.807) is 0 Å². The van der Waals surface area contributed by atoms with Crippen LogP contribution in [0.15, 0.2) is 18.2 Å². The smallest absolute Gasteiger partial charge is 0.255 e.